The molecule has 0 aliphatic heterocycles. The van der Waals surface area contributed by atoms with Gasteiger partial charge in [-0.25, -0.2) is 0 Å². The van der Waals surface area contributed by atoms with E-state index >= 15 is 0 Å². The van der Waals surface area contributed by atoms with Crippen molar-refractivity contribution in [2.75, 3.05) is 4.43 Å². The molecule has 0 unspecified atom stereocenters. The molecule has 0 radical (unpaired) electrons. The second-order valence-electron chi connectivity index (χ2n) is 11.0. The number of rotatable bonds is 3. The predicted octanol–water partition coefficient (Wildman–Crippen LogP) is 12.8. The Balaban J connectivity index is 0.000000963. The van der Waals surface area contributed by atoms with Crippen LogP contribution in [0.3, 0.4) is 0 Å². The third kappa shape index (κ3) is 4.67. The number of fused-ring (bicyclic) bond motifs is 6. The lowest BCUT2D eigenvalue weighted by Gasteiger charge is -2.20. The summed E-state index contributed by atoms with van der Waals surface area (Å²) in [6, 6.07) is 51.6. The first-order valence-corrected chi connectivity index (χ1v) is 16.7. The van der Waals surface area contributed by atoms with E-state index < -0.39 is 0 Å². The lowest BCUT2D eigenvalue weighted by atomic mass is 9.83. The van der Waals surface area contributed by atoms with Gasteiger partial charge in [0.05, 0.1) is 0 Å². The molecule has 0 aliphatic rings. The van der Waals surface area contributed by atoms with Gasteiger partial charge in [0.2, 0.25) is 0 Å². The summed E-state index contributed by atoms with van der Waals surface area (Å²) >= 11 is 2.29. The van der Waals surface area contributed by atoms with Gasteiger partial charge in [-0.15, -0.1) is 0 Å². The summed E-state index contributed by atoms with van der Waals surface area (Å²) in [5.74, 6) is 0. The SMILES string of the molecule is CCI.CCc1ccc(-c2c3ccccc3c(-c3cccc4c3ccc3ccccc34)c3ccccc23)c2ccccc12. The monoisotopic (exact) mass is 664 g/mol. The summed E-state index contributed by atoms with van der Waals surface area (Å²) in [6.07, 6.45) is 1.02. The summed E-state index contributed by atoms with van der Waals surface area (Å²) in [6.45, 7) is 4.36. The Bertz CT molecular complexity index is 2220. The van der Waals surface area contributed by atoms with Gasteiger partial charge in [-0.2, -0.15) is 0 Å². The molecule has 0 aromatic heterocycles. The first-order valence-electron chi connectivity index (χ1n) is 15.2. The molecule has 208 valence electrons. The van der Waals surface area contributed by atoms with Gasteiger partial charge in [-0.1, -0.05) is 176 Å². The molecule has 8 aromatic rings. The molecule has 0 atom stereocenters. The fourth-order valence-corrected chi connectivity index (χ4v) is 6.85. The molecule has 8 aromatic carbocycles. The van der Waals surface area contributed by atoms with Gasteiger partial charge in [0, 0.05) is 0 Å². The smallest absolute Gasteiger partial charge is 0.00201 e. The highest BCUT2D eigenvalue weighted by atomic mass is 127. The van der Waals surface area contributed by atoms with E-state index in [9.17, 15) is 0 Å². The molecule has 0 spiro atoms. The Morgan fingerprint density at radius 1 is 0.372 bits per heavy atom. The van der Waals surface area contributed by atoms with E-state index in [1.807, 2.05) is 0 Å². The van der Waals surface area contributed by atoms with Crippen LogP contribution in [0.5, 0.6) is 0 Å². The summed E-state index contributed by atoms with van der Waals surface area (Å²) in [5.41, 5.74) is 6.61. The van der Waals surface area contributed by atoms with Crippen molar-refractivity contribution in [1.29, 1.82) is 0 Å². The Morgan fingerprint density at radius 3 is 1.40 bits per heavy atom. The van der Waals surface area contributed by atoms with E-state index in [4.69, 9.17) is 0 Å². The Morgan fingerprint density at radius 2 is 0.814 bits per heavy atom. The molecule has 1 heteroatoms. The molecular formula is C42H33I. The number of aryl methyl sites for hydroxylation is 1. The van der Waals surface area contributed by atoms with Crippen LogP contribution in [-0.4, -0.2) is 4.43 Å². The molecule has 0 aliphatic carbocycles. The first kappa shape index (κ1) is 27.6. The summed E-state index contributed by atoms with van der Waals surface area (Å²) in [5, 5.41) is 13.0. The van der Waals surface area contributed by atoms with Gasteiger partial charge < -0.3 is 0 Å². The third-order valence-electron chi connectivity index (χ3n) is 8.65. The van der Waals surface area contributed by atoms with Crippen molar-refractivity contribution in [3.63, 3.8) is 0 Å². The van der Waals surface area contributed by atoms with Gasteiger partial charge in [-0.05, 0) is 92.5 Å². The number of alkyl halides is 1. The van der Waals surface area contributed by atoms with Crippen LogP contribution in [0.25, 0.3) is 76.1 Å². The van der Waals surface area contributed by atoms with Crippen molar-refractivity contribution in [3.05, 3.63) is 145 Å². The fourth-order valence-electron chi connectivity index (χ4n) is 6.85. The van der Waals surface area contributed by atoms with Crippen LogP contribution in [-0.2, 0) is 6.42 Å². The van der Waals surface area contributed by atoms with Gasteiger partial charge in [0.15, 0.2) is 0 Å². The highest BCUT2D eigenvalue weighted by Crippen LogP contribution is 2.47. The molecule has 0 fully saturated rings. The van der Waals surface area contributed by atoms with Crippen LogP contribution in [0.15, 0.2) is 140 Å². The van der Waals surface area contributed by atoms with Crippen LogP contribution in [0.1, 0.15) is 19.4 Å². The van der Waals surface area contributed by atoms with Crippen molar-refractivity contribution in [3.8, 4) is 22.3 Å². The van der Waals surface area contributed by atoms with Crippen molar-refractivity contribution in [1.82, 2.24) is 0 Å². The lowest BCUT2D eigenvalue weighted by Crippen LogP contribution is -1.93. The average Bonchev–Trinajstić information content (AvgIpc) is 3.07. The summed E-state index contributed by atoms with van der Waals surface area (Å²) < 4.78 is 1.22. The fraction of sp³-hybridized carbons (Fsp3) is 0.0952. The Kier molecular flexibility index (Phi) is 7.59. The minimum atomic E-state index is 1.02. The van der Waals surface area contributed by atoms with E-state index in [-0.39, 0.29) is 0 Å². The number of benzene rings is 8. The minimum Gasteiger partial charge on any atom is -0.0867 e. The molecule has 0 amide bonds. The maximum absolute atomic E-state index is 2.35. The minimum absolute atomic E-state index is 1.02. The van der Waals surface area contributed by atoms with Crippen molar-refractivity contribution >= 4 is 76.5 Å². The topological polar surface area (TPSA) is 0 Å². The zero-order valence-corrected chi connectivity index (χ0v) is 26.7. The molecule has 43 heavy (non-hydrogen) atoms. The van der Waals surface area contributed by atoms with Crippen LogP contribution in [0, 0.1) is 0 Å². The van der Waals surface area contributed by atoms with Gasteiger partial charge in [0.25, 0.3) is 0 Å². The highest BCUT2D eigenvalue weighted by molar-refractivity contribution is 14.1. The van der Waals surface area contributed by atoms with Gasteiger partial charge in [-0.3, -0.25) is 0 Å². The number of halogens is 1. The Hall–Kier alpha value is -4.21. The zero-order valence-electron chi connectivity index (χ0n) is 24.6. The molecule has 0 bridgehead atoms. The molecule has 0 heterocycles. The predicted molar refractivity (Wildman–Crippen MR) is 199 cm³/mol. The van der Waals surface area contributed by atoms with E-state index in [1.54, 1.807) is 0 Å². The maximum Gasteiger partial charge on any atom is -0.00201 e. The maximum atomic E-state index is 2.35. The van der Waals surface area contributed by atoms with Crippen molar-refractivity contribution in [2.45, 2.75) is 20.3 Å². The molecule has 0 saturated carbocycles. The van der Waals surface area contributed by atoms with Crippen LogP contribution >= 0.6 is 22.6 Å². The lowest BCUT2D eigenvalue weighted by molar-refractivity contribution is 1.16. The van der Waals surface area contributed by atoms with Crippen molar-refractivity contribution in [2.24, 2.45) is 0 Å². The molecular weight excluding hydrogens is 631 g/mol. The molecule has 0 N–H and O–H groups in total. The highest BCUT2D eigenvalue weighted by Gasteiger charge is 2.19. The van der Waals surface area contributed by atoms with Crippen LogP contribution < -0.4 is 0 Å². The van der Waals surface area contributed by atoms with E-state index in [2.05, 4.69) is 176 Å². The van der Waals surface area contributed by atoms with Crippen molar-refractivity contribution < 1.29 is 0 Å². The molecule has 0 saturated heterocycles. The largest absolute Gasteiger partial charge is 0.0867 e. The second kappa shape index (κ2) is 11.8. The van der Waals surface area contributed by atoms with E-state index in [1.165, 1.54) is 86.1 Å². The van der Waals surface area contributed by atoms with E-state index in [0.717, 1.165) is 6.42 Å². The Labute approximate surface area is 267 Å². The molecule has 8 rings (SSSR count). The summed E-state index contributed by atoms with van der Waals surface area (Å²) in [7, 11) is 0. The first-order chi connectivity index (χ1) is 21.2. The van der Waals surface area contributed by atoms with Crippen LogP contribution in [0.4, 0.5) is 0 Å². The van der Waals surface area contributed by atoms with E-state index in [0.29, 0.717) is 0 Å². The number of hydrogen-bond donors (Lipinski definition) is 0. The third-order valence-corrected chi connectivity index (χ3v) is 8.65. The summed E-state index contributed by atoms with van der Waals surface area (Å²) in [4.78, 5) is 0. The van der Waals surface area contributed by atoms with Crippen LogP contribution in [0.2, 0.25) is 0 Å². The normalized spacial score (nSPS) is 11.3. The van der Waals surface area contributed by atoms with Gasteiger partial charge in [0.1, 0.15) is 0 Å². The standard InChI is InChI=1S/C40H28.C2H5I/c1-2-26-22-25-38(31-15-6-5-13-28(26)31)40-36-18-9-7-16-34(36)39(35-17-8-10-19-37(35)40)33-21-11-20-30-29-14-4-3-12-27(29)23-24-32(30)33;1-2-3/h3-25H,2H2,1H3;2H2,1H3. The van der Waals surface area contributed by atoms with Gasteiger partial charge >= 0.3 is 0 Å². The zero-order chi connectivity index (χ0) is 29.3. The quantitative estimate of drug-likeness (QED) is 0.0763. The molecule has 0 nitrogen and oxygen atoms in total. The second-order valence-corrected chi connectivity index (χ2v) is 12.5. The number of hydrogen-bond acceptors (Lipinski definition) is 0. The average molecular weight is 665 g/mol.